The number of amides is 1. The summed E-state index contributed by atoms with van der Waals surface area (Å²) in [7, 11) is 0. The molecule has 0 aliphatic carbocycles. The molecule has 2 aliphatic rings. The summed E-state index contributed by atoms with van der Waals surface area (Å²) < 4.78 is 11.1. The van der Waals surface area contributed by atoms with E-state index in [1.54, 1.807) is 6.07 Å². The fraction of sp³-hybridized carbons (Fsp3) is 0.533. The van der Waals surface area contributed by atoms with Crippen LogP contribution >= 0.6 is 0 Å². The zero-order chi connectivity index (χ0) is 14.1. The van der Waals surface area contributed by atoms with Crippen molar-refractivity contribution in [1.29, 1.82) is 0 Å². The second-order valence-corrected chi connectivity index (χ2v) is 5.51. The molecule has 1 aromatic rings. The van der Waals surface area contributed by atoms with E-state index in [4.69, 9.17) is 15.2 Å². The van der Waals surface area contributed by atoms with E-state index < -0.39 is 0 Å². The van der Waals surface area contributed by atoms with Gasteiger partial charge in [0.1, 0.15) is 13.2 Å². The first-order valence-corrected chi connectivity index (χ1v) is 7.10. The van der Waals surface area contributed by atoms with E-state index in [0.717, 1.165) is 6.42 Å². The van der Waals surface area contributed by atoms with Crippen molar-refractivity contribution in [3.8, 4) is 11.5 Å². The number of likely N-dealkylation sites (tertiary alicyclic amines) is 1. The molecule has 3 rings (SSSR count). The number of hydrogen-bond donors (Lipinski definition) is 1. The lowest BCUT2D eigenvalue weighted by Crippen LogP contribution is -2.48. The van der Waals surface area contributed by atoms with Crippen LogP contribution in [-0.2, 0) is 0 Å². The average molecular weight is 276 g/mol. The number of piperidine rings is 1. The predicted molar refractivity (Wildman–Crippen MR) is 75.1 cm³/mol. The third kappa shape index (κ3) is 2.33. The number of carbonyl (C=O) groups is 1. The second-order valence-electron chi connectivity index (χ2n) is 5.51. The lowest BCUT2D eigenvalue weighted by atomic mass is 9.94. The van der Waals surface area contributed by atoms with Crippen LogP contribution in [0.4, 0.5) is 0 Å². The van der Waals surface area contributed by atoms with E-state index in [1.807, 2.05) is 17.0 Å². The highest BCUT2D eigenvalue weighted by atomic mass is 16.6. The van der Waals surface area contributed by atoms with Gasteiger partial charge in [-0.2, -0.15) is 0 Å². The standard InChI is InChI=1S/C15H20N2O3/c1-10-9-17(6-5-12(10)16)15(18)11-3-2-4-13-14(11)20-8-7-19-13/h2-4,10,12H,5-9,16H2,1H3. The lowest BCUT2D eigenvalue weighted by Gasteiger charge is -2.35. The van der Waals surface area contributed by atoms with Crippen LogP contribution in [0, 0.1) is 5.92 Å². The molecule has 2 heterocycles. The van der Waals surface area contributed by atoms with Gasteiger partial charge < -0.3 is 20.1 Å². The highest BCUT2D eigenvalue weighted by molar-refractivity contribution is 5.98. The summed E-state index contributed by atoms with van der Waals surface area (Å²) >= 11 is 0. The van der Waals surface area contributed by atoms with Gasteiger partial charge in [0, 0.05) is 19.1 Å². The maximum Gasteiger partial charge on any atom is 0.257 e. The largest absolute Gasteiger partial charge is 0.486 e. The molecule has 2 N–H and O–H groups in total. The first-order chi connectivity index (χ1) is 9.66. The minimum atomic E-state index is 0.00565. The Morgan fingerprint density at radius 2 is 2.15 bits per heavy atom. The van der Waals surface area contributed by atoms with Gasteiger partial charge in [-0.1, -0.05) is 13.0 Å². The monoisotopic (exact) mass is 276 g/mol. The number of ether oxygens (including phenoxy) is 2. The molecule has 5 nitrogen and oxygen atoms in total. The van der Waals surface area contributed by atoms with Gasteiger partial charge in [-0.3, -0.25) is 4.79 Å². The third-order valence-electron chi connectivity index (χ3n) is 4.06. The van der Waals surface area contributed by atoms with Crippen LogP contribution in [0.15, 0.2) is 18.2 Å². The van der Waals surface area contributed by atoms with Crippen LogP contribution in [0.3, 0.4) is 0 Å². The number of fused-ring (bicyclic) bond motifs is 1. The summed E-state index contributed by atoms with van der Waals surface area (Å²) in [6.07, 6.45) is 0.847. The maximum atomic E-state index is 12.7. The molecule has 20 heavy (non-hydrogen) atoms. The first kappa shape index (κ1) is 13.2. The molecular weight excluding hydrogens is 256 g/mol. The van der Waals surface area contributed by atoms with E-state index in [9.17, 15) is 4.79 Å². The van der Waals surface area contributed by atoms with Gasteiger partial charge in [-0.25, -0.2) is 0 Å². The zero-order valence-electron chi connectivity index (χ0n) is 11.7. The van der Waals surface area contributed by atoms with Crippen molar-refractivity contribution in [2.75, 3.05) is 26.3 Å². The molecule has 0 spiro atoms. The minimum Gasteiger partial charge on any atom is -0.486 e. The fourth-order valence-corrected chi connectivity index (χ4v) is 2.76. The number of para-hydroxylation sites is 1. The molecule has 2 unspecified atom stereocenters. The minimum absolute atomic E-state index is 0.00565. The maximum absolute atomic E-state index is 12.7. The Balaban J connectivity index is 1.84. The van der Waals surface area contributed by atoms with Crippen LogP contribution in [0.2, 0.25) is 0 Å². The van der Waals surface area contributed by atoms with Gasteiger partial charge in [-0.05, 0) is 24.5 Å². The van der Waals surface area contributed by atoms with Gasteiger partial charge in [-0.15, -0.1) is 0 Å². The summed E-state index contributed by atoms with van der Waals surface area (Å²) in [5.74, 6) is 1.56. The summed E-state index contributed by atoms with van der Waals surface area (Å²) in [4.78, 5) is 14.5. The molecule has 2 atom stereocenters. The second kappa shape index (κ2) is 5.32. The number of nitrogens with two attached hydrogens (primary N) is 1. The Bertz CT molecular complexity index is 518. The summed E-state index contributed by atoms with van der Waals surface area (Å²) in [5.41, 5.74) is 6.60. The van der Waals surface area contributed by atoms with Crippen molar-refractivity contribution in [3.05, 3.63) is 23.8 Å². The number of hydrogen-bond acceptors (Lipinski definition) is 4. The van der Waals surface area contributed by atoms with E-state index in [1.165, 1.54) is 0 Å². The molecule has 0 aromatic heterocycles. The molecule has 0 bridgehead atoms. The molecule has 108 valence electrons. The fourth-order valence-electron chi connectivity index (χ4n) is 2.76. The zero-order valence-corrected chi connectivity index (χ0v) is 11.7. The first-order valence-electron chi connectivity index (χ1n) is 7.10. The molecule has 2 aliphatic heterocycles. The molecular formula is C15H20N2O3. The lowest BCUT2D eigenvalue weighted by molar-refractivity contribution is 0.0654. The predicted octanol–water partition coefficient (Wildman–Crippen LogP) is 1.27. The highest BCUT2D eigenvalue weighted by Crippen LogP contribution is 2.34. The Morgan fingerprint density at radius 3 is 2.95 bits per heavy atom. The number of benzene rings is 1. The summed E-state index contributed by atoms with van der Waals surface area (Å²) in [6, 6.07) is 5.65. The van der Waals surface area contributed by atoms with Crippen molar-refractivity contribution in [2.24, 2.45) is 11.7 Å². The molecule has 0 saturated carbocycles. The van der Waals surface area contributed by atoms with Crippen LogP contribution in [0.1, 0.15) is 23.7 Å². The van der Waals surface area contributed by atoms with Crippen LogP contribution in [0.25, 0.3) is 0 Å². The van der Waals surface area contributed by atoms with Crippen LogP contribution in [0.5, 0.6) is 11.5 Å². The Kier molecular flexibility index (Phi) is 3.53. The van der Waals surface area contributed by atoms with Crippen LogP contribution < -0.4 is 15.2 Å². The van der Waals surface area contributed by atoms with Crippen molar-refractivity contribution >= 4 is 5.91 Å². The normalized spacial score (nSPS) is 25.4. The highest BCUT2D eigenvalue weighted by Gasteiger charge is 2.29. The van der Waals surface area contributed by atoms with Gasteiger partial charge in [0.05, 0.1) is 5.56 Å². The SMILES string of the molecule is CC1CN(C(=O)c2cccc3c2OCCO3)CCC1N. The van der Waals surface area contributed by atoms with Gasteiger partial charge in [0.25, 0.3) is 5.91 Å². The number of carbonyl (C=O) groups excluding carboxylic acids is 1. The van der Waals surface area contributed by atoms with Gasteiger partial charge >= 0.3 is 0 Å². The molecule has 0 radical (unpaired) electrons. The van der Waals surface area contributed by atoms with Crippen molar-refractivity contribution < 1.29 is 14.3 Å². The average Bonchev–Trinajstić information content (AvgIpc) is 2.49. The van der Waals surface area contributed by atoms with Crippen LogP contribution in [-0.4, -0.2) is 43.2 Å². The van der Waals surface area contributed by atoms with Crippen molar-refractivity contribution in [3.63, 3.8) is 0 Å². The molecule has 1 aromatic carbocycles. The van der Waals surface area contributed by atoms with E-state index in [-0.39, 0.29) is 11.9 Å². The van der Waals surface area contributed by atoms with E-state index >= 15 is 0 Å². The number of nitrogens with zero attached hydrogens (tertiary/aromatic N) is 1. The quantitative estimate of drug-likeness (QED) is 0.839. The summed E-state index contributed by atoms with van der Waals surface area (Å²) in [6.45, 7) is 4.50. The molecule has 1 amide bonds. The topological polar surface area (TPSA) is 64.8 Å². The Morgan fingerprint density at radius 1 is 1.35 bits per heavy atom. The third-order valence-corrected chi connectivity index (χ3v) is 4.06. The molecule has 1 saturated heterocycles. The van der Waals surface area contributed by atoms with Gasteiger partial charge in [0.2, 0.25) is 0 Å². The van der Waals surface area contributed by atoms with E-state index in [0.29, 0.717) is 49.3 Å². The van der Waals surface area contributed by atoms with Crippen molar-refractivity contribution in [2.45, 2.75) is 19.4 Å². The van der Waals surface area contributed by atoms with Gasteiger partial charge in [0.15, 0.2) is 11.5 Å². The smallest absolute Gasteiger partial charge is 0.257 e. The summed E-state index contributed by atoms with van der Waals surface area (Å²) in [5, 5.41) is 0. The molecule has 5 heteroatoms. The van der Waals surface area contributed by atoms with Crippen molar-refractivity contribution in [1.82, 2.24) is 4.90 Å². The Labute approximate surface area is 118 Å². The Hall–Kier alpha value is -1.75. The van der Waals surface area contributed by atoms with E-state index in [2.05, 4.69) is 6.92 Å². The number of rotatable bonds is 1. The molecule has 1 fully saturated rings.